The maximum atomic E-state index is 6.09. The molecule has 8 nitrogen and oxygen atoms in total. The van der Waals surface area contributed by atoms with Gasteiger partial charge in [-0.05, 0) is 26.0 Å². The highest BCUT2D eigenvalue weighted by molar-refractivity contribution is 5.46. The van der Waals surface area contributed by atoms with E-state index in [-0.39, 0.29) is 6.10 Å². The van der Waals surface area contributed by atoms with Crippen molar-refractivity contribution in [3.8, 4) is 5.88 Å². The highest BCUT2D eigenvalue weighted by Crippen LogP contribution is 2.29. The molecule has 5 heterocycles. The first-order valence-electron chi connectivity index (χ1n) is 9.44. The summed E-state index contributed by atoms with van der Waals surface area (Å²) in [5.74, 6) is 2.57. The van der Waals surface area contributed by atoms with Crippen LogP contribution in [0, 0.1) is 13.8 Å². The molecule has 0 saturated carbocycles. The van der Waals surface area contributed by atoms with E-state index in [1.54, 1.807) is 6.20 Å². The molecule has 0 spiro atoms. The van der Waals surface area contributed by atoms with Crippen LogP contribution in [-0.2, 0) is 6.42 Å². The zero-order chi connectivity index (χ0) is 18.4. The maximum absolute atomic E-state index is 6.09. The van der Waals surface area contributed by atoms with Crippen LogP contribution in [0.2, 0.25) is 0 Å². The Bertz CT molecular complexity index is 977. The predicted molar refractivity (Wildman–Crippen MR) is 101 cm³/mol. The van der Waals surface area contributed by atoms with E-state index in [9.17, 15) is 0 Å². The molecule has 1 saturated heterocycles. The summed E-state index contributed by atoms with van der Waals surface area (Å²) in [6, 6.07) is 4.07. The Balaban J connectivity index is 1.20. The molecule has 0 amide bonds. The standard InChI is InChI=1S/C19H23N7O/c1-13-16-11-15(27-19(16)22-14(2)21-13)12-24-7-9-25(10-8-24)18-4-3-17-20-5-6-26(17)23-18/h3-6,15H,7-12H2,1-2H3. The van der Waals surface area contributed by atoms with Gasteiger partial charge in [-0.15, -0.1) is 5.10 Å². The number of rotatable bonds is 3. The van der Waals surface area contributed by atoms with Gasteiger partial charge in [0, 0.05) is 62.8 Å². The molecule has 1 unspecified atom stereocenters. The molecule has 2 aliphatic heterocycles. The number of ether oxygens (including phenoxy) is 1. The predicted octanol–water partition coefficient (Wildman–Crippen LogP) is 1.26. The summed E-state index contributed by atoms with van der Waals surface area (Å²) in [6.07, 6.45) is 4.73. The van der Waals surface area contributed by atoms with Crippen LogP contribution < -0.4 is 9.64 Å². The Kier molecular flexibility index (Phi) is 3.93. The number of aromatic nitrogens is 5. The fourth-order valence-electron chi connectivity index (χ4n) is 3.99. The smallest absolute Gasteiger partial charge is 0.220 e. The van der Waals surface area contributed by atoms with Crippen LogP contribution in [0.25, 0.3) is 5.65 Å². The van der Waals surface area contributed by atoms with Crippen LogP contribution in [0.1, 0.15) is 17.1 Å². The number of fused-ring (bicyclic) bond motifs is 2. The van der Waals surface area contributed by atoms with Gasteiger partial charge in [-0.3, -0.25) is 4.90 Å². The number of hydrogen-bond donors (Lipinski definition) is 0. The van der Waals surface area contributed by atoms with E-state index in [0.717, 1.165) is 68.0 Å². The van der Waals surface area contributed by atoms with Crippen molar-refractivity contribution < 1.29 is 4.74 Å². The quantitative estimate of drug-likeness (QED) is 0.692. The molecule has 0 radical (unpaired) electrons. The minimum Gasteiger partial charge on any atom is -0.472 e. The van der Waals surface area contributed by atoms with Gasteiger partial charge in [0.1, 0.15) is 17.7 Å². The molecule has 3 aromatic rings. The Labute approximate surface area is 157 Å². The second-order valence-corrected chi connectivity index (χ2v) is 7.29. The van der Waals surface area contributed by atoms with Gasteiger partial charge in [0.2, 0.25) is 5.88 Å². The molecule has 2 aliphatic rings. The zero-order valence-electron chi connectivity index (χ0n) is 15.7. The number of nitrogens with zero attached hydrogens (tertiary/aromatic N) is 7. The topological polar surface area (TPSA) is 71.7 Å². The van der Waals surface area contributed by atoms with E-state index in [4.69, 9.17) is 4.74 Å². The first-order valence-corrected chi connectivity index (χ1v) is 9.44. The largest absolute Gasteiger partial charge is 0.472 e. The molecule has 1 fully saturated rings. The Hall–Kier alpha value is -2.74. The van der Waals surface area contributed by atoms with E-state index in [1.165, 1.54) is 5.56 Å². The third-order valence-corrected chi connectivity index (χ3v) is 5.40. The summed E-state index contributed by atoms with van der Waals surface area (Å²) < 4.78 is 7.92. The normalized spacial score (nSPS) is 20.1. The summed E-state index contributed by atoms with van der Waals surface area (Å²) in [4.78, 5) is 18.0. The molecule has 8 heteroatoms. The summed E-state index contributed by atoms with van der Waals surface area (Å²) in [7, 11) is 0. The molecule has 0 aromatic carbocycles. The summed E-state index contributed by atoms with van der Waals surface area (Å²) in [5.41, 5.74) is 3.09. The highest BCUT2D eigenvalue weighted by atomic mass is 16.5. The van der Waals surface area contributed by atoms with Crippen molar-refractivity contribution in [1.82, 2.24) is 29.5 Å². The molecule has 1 atom stereocenters. The summed E-state index contributed by atoms with van der Waals surface area (Å²) >= 11 is 0. The first-order chi connectivity index (χ1) is 13.2. The van der Waals surface area contributed by atoms with Crippen LogP contribution in [0.5, 0.6) is 5.88 Å². The Morgan fingerprint density at radius 3 is 2.81 bits per heavy atom. The molecule has 3 aromatic heterocycles. The third kappa shape index (κ3) is 3.10. The lowest BCUT2D eigenvalue weighted by molar-refractivity contribution is 0.141. The molecule has 0 N–H and O–H groups in total. The number of aryl methyl sites for hydroxylation is 2. The second kappa shape index (κ2) is 6.45. The number of hydrogen-bond acceptors (Lipinski definition) is 7. The monoisotopic (exact) mass is 365 g/mol. The highest BCUT2D eigenvalue weighted by Gasteiger charge is 2.29. The van der Waals surface area contributed by atoms with E-state index >= 15 is 0 Å². The number of anilines is 1. The van der Waals surface area contributed by atoms with E-state index in [0.29, 0.717) is 0 Å². The minimum atomic E-state index is 0.168. The van der Waals surface area contributed by atoms with Gasteiger partial charge < -0.3 is 9.64 Å². The molecular weight excluding hydrogens is 342 g/mol. The van der Waals surface area contributed by atoms with Gasteiger partial charge in [0.25, 0.3) is 0 Å². The molecular formula is C19H23N7O. The van der Waals surface area contributed by atoms with Gasteiger partial charge in [-0.1, -0.05) is 0 Å². The minimum absolute atomic E-state index is 0.168. The van der Waals surface area contributed by atoms with Crippen molar-refractivity contribution in [1.29, 1.82) is 0 Å². The molecule has 5 rings (SSSR count). The average molecular weight is 365 g/mol. The molecule has 140 valence electrons. The van der Waals surface area contributed by atoms with Crippen LogP contribution in [0.15, 0.2) is 24.5 Å². The van der Waals surface area contributed by atoms with E-state index in [2.05, 4.69) is 35.9 Å². The SMILES string of the molecule is Cc1nc(C)c2c(n1)OC(CN1CCN(c3ccc4nccn4n3)CC1)C2. The lowest BCUT2D eigenvalue weighted by Crippen LogP contribution is -2.49. The van der Waals surface area contributed by atoms with Crippen LogP contribution in [0.3, 0.4) is 0 Å². The van der Waals surface area contributed by atoms with Gasteiger partial charge in [-0.25, -0.2) is 14.5 Å². The number of piperazine rings is 1. The fraction of sp³-hybridized carbons (Fsp3) is 0.474. The Morgan fingerprint density at radius 1 is 1.11 bits per heavy atom. The van der Waals surface area contributed by atoms with Gasteiger partial charge in [-0.2, -0.15) is 4.98 Å². The zero-order valence-corrected chi connectivity index (χ0v) is 15.7. The van der Waals surface area contributed by atoms with Gasteiger partial charge >= 0.3 is 0 Å². The van der Waals surface area contributed by atoms with Crippen LogP contribution >= 0.6 is 0 Å². The van der Waals surface area contributed by atoms with Crippen molar-refractivity contribution in [2.45, 2.75) is 26.4 Å². The lowest BCUT2D eigenvalue weighted by Gasteiger charge is -2.36. The van der Waals surface area contributed by atoms with Crippen molar-refractivity contribution in [2.75, 3.05) is 37.6 Å². The number of imidazole rings is 1. The average Bonchev–Trinajstić information content (AvgIpc) is 3.28. The van der Waals surface area contributed by atoms with Crippen molar-refractivity contribution in [3.05, 3.63) is 41.6 Å². The van der Waals surface area contributed by atoms with Crippen molar-refractivity contribution in [2.24, 2.45) is 0 Å². The molecule has 27 heavy (non-hydrogen) atoms. The van der Waals surface area contributed by atoms with Crippen molar-refractivity contribution >= 4 is 11.5 Å². The first kappa shape index (κ1) is 16.4. The van der Waals surface area contributed by atoms with Crippen LogP contribution in [0.4, 0.5) is 5.82 Å². The molecule has 0 aliphatic carbocycles. The molecule has 0 bridgehead atoms. The van der Waals surface area contributed by atoms with E-state index < -0.39 is 0 Å². The van der Waals surface area contributed by atoms with Crippen LogP contribution in [-0.4, -0.2) is 68.3 Å². The lowest BCUT2D eigenvalue weighted by atomic mass is 10.1. The maximum Gasteiger partial charge on any atom is 0.220 e. The van der Waals surface area contributed by atoms with Gasteiger partial charge in [0.05, 0.1) is 0 Å². The second-order valence-electron chi connectivity index (χ2n) is 7.29. The summed E-state index contributed by atoms with van der Waals surface area (Å²) in [5, 5.41) is 4.65. The summed E-state index contributed by atoms with van der Waals surface area (Å²) in [6.45, 7) is 8.82. The fourth-order valence-corrected chi connectivity index (χ4v) is 3.99. The van der Waals surface area contributed by atoms with E-state index in [1.807, 2.05) is 30.6 Å². The van der Waals surface area contributed by atoms with Crippen molar-refractivity contribution in [3.63, 3.8) is 0 Å². The third-order valence-electron chi connectivity index (χ3n) is 5.40. The van der Waals surface area contributed by atoms with Gasteiger partial charge in [0.15, 0.2) is 5.65 Å². The Morgan fingerprint density at radius 2 is 1.96 bits per heavy atom.